The van der Waals surface area contributed by atoms with Gasteiger partial charge in [-0.15, -0.1) is 0 Å². The zero-order chi connectivity index (χ0) is 27.7. The number of aromatic nitrogens is 1. The van der Waals surface area contributed by atoms with Crippen molar-refractivity contribution in [2.24, 2.45) is 5.92 Å². The van der Waals surface area contributed by atoms with E-state index in [1.807, 2.05) is 23.6 Å². The first-order chi connectivity index (χ1) is 17.9. The molecule has 4 rings (SSSR count). The van der Waals surface area contributed by atoms with Gasteiger partial charge in [0.1, 0.15) is 11.9 Å². The van der Waals surface area contributed by atoms with Crippen LogP contribution >= 0.6 is 0 Å². The van der Waals surface area contributed by atoms with Crippen LogP contribution in [0.4, 0.5) is 8.78 Å². The number of pyridine rings is 1. The molecule has 2 aromatic rings. The van der Waals surface area contributed by atoms with Crippen LogP contribution in [0.15, 0.2) is 30.5 Å². The van der Waals surface area contributed by atoms with Gasteiger partial charge in [0.15, 0.2) is 11.6 Å². The molecule has 38 heavy (non-hydrogen) atoms. The maximum absolute atomic E-state index is 14.9. The molecular formula is C26H34F2N4O5S. The fourth-order valence-corrected chi connectivity index (χ4v) is 6.01. The Kier molecular flexibility index (Phi) is 8.24. The highest BCUT2D eigenvalue weighted by Gasteiger charge is 2.41. The zero-order valence-corrected chi connectivity index (χ0v) is 22.9. The average Bonchev–Trinajstić information content (AvgIpc) is 3.67. The van der Waals surface area contributed by atoms with E-state index in [1.54, 1.807) is 32.2 Å². The lowest BCUT2D eigenvalue weighted by Gasteiger charge is -2.44. The second-order valence-electron chi connectivity index (χ2n) is 10.5. The fraction of sp³-hybridized carbons (Fsp3) is 0.538. The van der Waals surface area contributed by atoms with E-state index in [9.17, 15) is 22.0 Å². The van der Waals surface area contributed by atoms with E-state index < -0.39 is 50.7 Å². The summed E-state index contributed by atoms with van der Waals surface area (Å²) < 4.78 is 70.1. The number of nitrogens with one attached hydrogen (secondary N) is 1. The normalized spacial score (nSPS) is 19.1. The summed E-state index contributed by atoms with van der Waals surface area (Å²) in [6.07, 6.45) is 3.64. The van der Waals surface area contributed by atoms with Crippen molar-refractivity contribution < 1.29 is 31.5 Å². The van der Waals surface area contributed by atoms with E-state index in [0.29, 0.717) is 43.5 Å². The molecule has 1 saturated carbocycles. The lowest BCUT2D eigenvalue weighted by atomic mass is 10.0. The van der Waals surface area contributed by atoms with Crippen LogP contribution in [0, 0.1) is 17.6 Å². The summed E-state index contributed by atoms with van der Waals surface area (Å²) in [5, 5.41) is 0. The SMILES string of the molecule is CC[C@@H](Oc1ccc(C(=O)NS(=O)(=O)N2CCN(C)CC2(C)C)c(F)c1F)c1ccc(OCC2CC2)cn1. The molecule has 1 aromatic heterocycles. The van der Waals surface area contributed by atoms with E-state index >= 15 is 0 Å². The molecule has 1 aliphatic heterocycles. The van der Waals surface area contributed by atoms with Gasteiger partial charge in [-0.2, -0.15) is 17.1 Å². The summed E-state index contributed by atoms with van der Waals surface area (Å²) in [6.45, 7) is 6.98. The Morgan fingerprint density at radius 1 is 1.18 bits per heavy atom. The molecule has 1 N–H and O–H groups in total. The highest BCUT2D eigenvalue weighted by molar-refractivity contribution is 7.87. The van der Waals surface area contributed by atoms with Crippen LogP contribution < -0.4 is 14.2 Å². The van der Waals surface area contributed by atoms with Crippen molar-refractivity contribution in [1.82, 2.24) is 18.9 Å². The van der Waals surface area contributed by atoms with Gasteiger partial charge in [0.2, 0.25) is 5.82 Å². The number of hydrogen-bond donors (Lipinski definition) is 1. The molecule has 0 radical (unpaired) electrons. The Bertz CT molecular complexity index is 1270. The number of amides is 1. The molecule has 12 heteroatoms. The molecule has 0 unspecified atom stereocenters. The number of carbonyl (C=O) groups excluding carboxylic acids is 1. The lowest BCUT2D eigenvalue weighted by Crippen LogP contribution is -2.62. The minimum Gasteiger partial charge on any atom is -0.492 e. The molecule has 2 heterocycles. The summed E-state index contributed by atoms with van der Waals surface area (Å²) in [5.41, 5.74) is -1.03. The molecule has 0 bridgehead atoms. The Morgan fingerprint density at radius 2 is 1.92 bits per heavy atom. The first-order valence-electron chi connectivity index (χ1n) is 12.7. The molecule has 1 aliphatic carbocycles. The van der Waals surface area contributed by atoms with E-state index in [2.05, 4.69) is 4.98 Å². The molecule has 1 atom stereocenters. The highest BCUT2D eigenvalue weighted by Crippen LogP contribution is 2.31. The molecule has 9 nitrogen and oxygen atoms in total. The van der Waals surface area contributed by atoms with Gasteiger partial charge in [-0.25, -0.2) is 9.11 Å². The standard InChI is InChI=1S/C26H34F2N4O5S/c1-5-21(20-10-8-18(14-29-20)36-15-17-6-7-17)37-22-11-9-19(23(27)24(22)28)25(33)30-38(34,35)32-13-12-31(4)16-26(32,2)3/h8-11,14,17,21H,5-7,12-13,15-16H2,1-4H3,(H,30,33)/t21-/m1/s1. The van der Waals surface area contributed by atoms with Gasteiger partial charge in [0.05, 0.1) is 24.1 Å². The third-order valence-electron chi connectivity index (χ3n) is 6.73. The zero-order valence-electron chi connectivity index (χ0n) is 22.0. The summed E-state index contributed by atoms with van der Waals surface area (Å²) in [5.74, 6) is -3.35. The molecule has 2 aliphatic rings. The predicted molar refractivity (Wildman–Crippen MR) is 137 cm³/mol. The number of carbonyl (C=O) groups is 1. The molecule has 1 aromatic carbocycles. The Labute approximate surface area is 222 Å². The number of ether oxygens (including phenoxy) is 2. The van der Waals surface area contributed by atoms with Crippen LogP contribution in [-0.4, -0.2) is 67.3 Å². The van der Waals surface area contributed by atoms with Crippen molar-refractivity contribution in [3.05, 3.63) is 53.4 Å². The smallest absolute Gasteiger partial charge is 0.304 e. The van der Waals surface area contributed by atoms with Crippen LogP contribution in [0.25, 0.3) is 0 Å². The third kappa shape index (κ3) is 6.41. The fourth-order valence-electron chi connectivity index (χ4n) is 4.53. The van der Waals surface area contributed by atoms with Crippen molar-refractivity contribution in [3.63, 3.8) is 0 Å². The maximum Gasteiger partial charge on any atom is 0.304 e. The average molecular weight is 553 g/mol. The van der Waals surface area contributed by atoms with Crippen molar-refractivity contribution >= 4 is 16.1 Å². The van der Waals surface area contributed by atoms with E-state index in [-0.39, 0.29) is 6.54 Å². The number of nitrogens with zero attached hydrogens (tertiary/aromatic N) is 3. The largest absolute Gasteiger partial charge is 0.492 e. The van der Waals surface area contributed by atoms with Gasteiger partial charge in [0.25, 0.3) is 5.91 Å². The molecule has 1 amide bonds. The van der Waals surface area contributed by atoms with Gasteiger partial charge >= 0.3 is 10.2 Å². The van der Waals surface area contributed by atoms with E-state index in [0.717, 1.165) is 16.4 Å². The van der Waals surface area contributed by atoms with Gasteiger partial charge in [-0.1, -0.05) is 6.92 Å². The Hall–Kier alpha value is -2.83. The summed E-state index contributed by atoms with van der Waals surface area (Å²) in [7, 11) is -2.44. The molecule has 1 saturated heterocycles. The highest BCUT2D eigenvalue weighted by atomic mass is 32.2. The second kappa shape index (κ2) is 11.1. The molecule has 2 fully saturated rings. The number of benzene rings is 1. The molecule has 0 spiro atoms. The van der Waals surface area contributed by atoms with Crippen LogP contribution in [0.5, 0.6) is 11.5 Å². The van der Waals surface area contributed by atoms with Crippen molar-refractivity contribution in [3.8, 4) is 11.5 Å². The lowest BCUT2D eigenvalue weighted by molar-refractivity contribution is 0.0918. The Morgan fingerprint density at radius 3 is 2.53 bits per heavy atom. The van der Waals surface area contributed by atoms with E-state index in [1.165, 1.54) is 12.8 Å². The van der Waals surface area contributed by atoms with Gasteiger partial charge in [-0.05, 0) is 70.3 Å². The summed E-state index contributed by atoms with van der Waals surface area (Å²) in [4.78, 5) is 19.0. The maximum atomic E-state index is 14.9. The van der Waals surface area contributed by atoms with Gasteiger partial charge in [0, 0.05) is 25.2 Å². The topological polar surface area (TPSA) is 101 Å². The second-order valence-corrected chi connectivity index (χ2v) is 12.1. The molecule has 208 valence electrons. The van der Waals surface area contributed by atoms with Crippen LogP contribution in [-0.2, 0) is 10.2 Å². The van der Waals surface area contributed by atoms with Crippen LogP contribution in [0.3, 0.4) is 0 Å². The Balaban J connectivity index is 1.45. The van der Waals surface area contributed by atoms with Gasteiger partial charge < -0.3 is 14.4 Å². The van der Waals surface area contributed by atoms with Crippen LogP contribution in [0.1, 0.15) is 62.2 Å². The number of likely N-dealkylation sites (N-methyl/N-ethyl adjacent to an activating group) is 1. The third-order valence-corrected chi connectivity index (χ3v) is 8.43. The van der Waals surface area contributed by atoms with Crippen molar-refractivity contribution in [1.29, 1.82) is 0 Å². The molecular weight excluding hydrogens is 518 g/mol. The minimum atomic E-state index is -4.30. The number of halogens is 2. The number of piperazine rings is 1. The quantitative estimate of drug-likeness (QED) is 0.480. The first kappa shape index (κ1) is 28.2. The summed E-state index contributed by atoms with van der Waals surface area (Å²) >= 11 is 0. The monoisotopic (exact) mass is 552 g/mol. The predicted octanol–water partition coefficient (Wildman–Crippen LogP) is 3.68. The number of hydrogen-bond acceptors (Lipinski definition) is 7. The summed E-state index contributed by atoms with van der Waals surface area (Å²) in [6, 6.07) is 5.57. The van der Waals surface area contributed by atoms with E-state index in [4.69, 9.17) is 9.47 Å². The van der Waals surface area contributed by atoms with Crippen LogP contribution in [0.2, 0.25) is 0 Å². The van der Waals surface area contributed by atoms with Crippen molar-refractivity contribution in [2.75, 3.05) is 33.3 Å². The number of rotatable bonds is 10. The van der Waals surface area contributed by atoms with Crippen molar-refractivity contribution in [2.45, 2.75) is 51.7 Å². The first-order valence-corrected chi connectivity index (χ1v) is 14.1. The van der Waals surface area contributed by atoms with Gasteiger partial charge in [-0.3, -0.25) is 9.78 Å². The minimum absolute atomic E-state index is 0.149.